The van der Waals surface area contributed by atoms with Crippen molar-refractivity contribution in [1.82, 2.24) is 0 Å². The second-order valence-electron chi connectivity index (χ2n) is 4.72. The molecular formula is C14H19O6P. The van der Waals surface area contributed by atoms with E-state index in [4.69, 9.17) is 14.7 Å². The normalized spacial score (nSPS) is 15.1. The molecule has 0 aliphatic rings. The summed E-state index contributed by atoms with van der Waals surface area (Å²) < 4.78 is 16.3. The molecule has 0 saturated heterocycles. The Kier molecular flexibility index (Phi) is 7.12. The number of hydrogen-bond donors (Lipinski definition) is 2. The molecule has 1 rings (SSSR count). The molecule has 0 aliphatic carbocycles. The molecule has 1 aromatic carbocycles. The van der Waals surface area contributed by atoms with Crippen molar-refractivity contribution >= 4 is 20.0 Å². The molecular weight excluding hydrogens is 295 g/mol. The molecule has 0 radical (unpaired) electrons. The van der Waals surface area contributed by atoms with Crippen molar-refractivity contribution in [3.05, 3.63) is 35.9 Å². The van der Waals surface area contributed by atoms with Crippen LogP contribution in [0.4, 0.5) is 0 Å². The largest absolute Gasteiger partial charge is 0.481 e. The number of carboxylic acid groups (broad SMARTS) is 2. The third-order valence-electron chi connectivity index (χ3n) is 3.21. The summed E-state index contributed by atoms with van der Waals surface area (Å²) in [5.41, 5.74) is 0.869. The fourth-order valence-electron chi connectivity index (χ4n) is 2.05. The van der Waals surface area contributed by atoms with E-state index in [1.54, 1.807) is 6.92 Å². The number of benzene rings is 1. The third-order valence-corrected chi connectivity index (χ3v) is 4.33. The second-order valence-corrected chi connectivity index (χ2v) is 6.11. The molecule has 6 nitrogen and oxygen atoms in total. The molecule has 0 aliphatic heterocycles. The van der Waals surface area contributed by atoms with Gasteiger partial charge in [-0.25, -0.2) is 0 Å². The zero-order chi connectivity index (χ0) is 15.8. The molecule has 7 heteroatoms. The zero-order valence-electron chi connectivity index (χ0n) is 11.7. The Labute approximate surface area is 123 Å². The van der Waals surface area contributed by atoms with Gasteiger partial charge in [0.25, 0.3) is 0 Å². The van der Waals surface area contributed by atoms with E-state index in [0.717, 1.165) is 5.56 Å². The first kappa shape index (κ1) is 17.4. The van der Waals surface area contributed by atoms with Crippen LogP contribution in [0.5, 0.6) is 0 Å². The molecule has 0 aromatic heterocycles. The predicted molar refractivity (Wildman–Crippen MR) is 78.1 cm³/mol. The van der Waals surface area contributed by atoms with Crippen molar-refractivity contribution < 1.29 is 28.9 Å². The van der Waals surface area contributed by atoms with Crippen LogP contribution in [0.3, 0.4) is 0 Å². The maximum atomic E-state index is 11.3. The monoisotopic (exact) mass is 314 g/mol. The van der Waals surface area contributed by atoms with Crippen molar-refractivity contribution in [3.8, 4) is 0 Å². The molecule has 21 heavy (non-hydrogen) atoms. The number of rotatable bonds is 9. The van der Waals surface area contributed by atoms with Gasteiger partial charge >= 0.3 is 11.9 Å². The maximum Gasteiger partial charge on any atom is 0.312 e. The highest BCUT2D eigenvalue weighted by atomic mass is 31.1. The summed E-state index contributed by atoms with van der Waals surface area (Å²) in [6, 6.07) is 9.17. The minimum atomic E-state index is -2.61. The zero-order valence-corrected chi connectivity index (χ0v) is 12.7. The lowest BCUT2D eigenvalue weighted by molar-refractivity contribution is -0.142. The number of hydrogen-bond acceptors (Lipinski definition) is 4. The van der Waals surface area contributed by atoms with E-state index in [-0.39, 0.29) is 12.5 Å². The van der Waals surface area contributed by atoms with Gasteiger partial charge in [-0.2, -0.15) is 0 Å². The SMILES string of the molecule is CC(C(=O)O)C(CCO[PH](=O)CC(=O)O)c1ccccc1. The van der Waals surface area contributed by atoms with Gasteiger partial charge in [0.15, 0.2) is 0 Å². The van der Waals surface area contributed by atoms with Crippen LogP contribution in [-0.4, -0.2) is 34.9 Å². The van der Waals surface area contributed by atoms with Gasteiger partial charge in [-0.1, -0.05) is 37.3 Å². The molecule has 3 unspecified atom stereocenters. The number of carbonyl (C=O) groups is 2. The lowest BCUT2D eigenvalue weighted by Crippen LogP contribution is -2.20. The van der Waals surface area contributed by atoms with Crippen LogP contribution >= 0.6 is 8.03 Å². The summed E-state index contributed by atoms with van der Waals surface area (Å²) in [6.07, 6.45) is -0.136. The van der Waals surface area contributed by atoms with Gasteiger partial charge in [-0.05, 0) is 17.9 Å². The molecule has 0 saturated carbocycles. The highest BCUT2D eigenvalue weighted by molar-refractivity contribution is 7.40. The van der Waals surface area contributed by atoms with Crippen molar-refractivity contribution in [1.29, 1.82) is 0 Å². The average Bonchev–Trinajstić information content (AvgIpc) is 2.43. The molecule has 0 spiro atoms. The Bertz CT molecular complexity index is 501. The van der Waals surface area contributed by atoms with Crippen molar-refractivity contribution in [2.45, 2.75) is 19.3 Å². The van der Waals surface area contributed by atoms with Crippen LogP contribution in [0.1, 0.15) is 24.8 Å². The standard InChI is InChI=1S/C14H19O6P/c1-10(14(17)18)12(11-5-3-2-4-6-11)7-8-20-21(19)9-13(15)16/h2-6,10,12,21H,7-9H2,1H3,(H,15,16)(H,17,18). The van der Waals surface area contributed by atoms with Gasteiger partial charge < -0.3 is 14.7 Å². The van der Waals surface area contributed by atoms with Gasteiger partial charge in [-0.3, -0.25) is 14.2 Å². The van der Waals surface area contributed by atoms with Crippen molar-refractivity contribution in [2.24, 2.45) is 5.92 Å². The van der Waals surface area contributed by atoms with Crippen LogP contribution in [0.15, 0.2) is 30.3 Å². The van der Waals surface area contributed by atoms with E-state index in [2.05, 4.69) is 0 Å². The fraction of sp³-hybridized carbons (Fsp3) is 0.429. The molecule has 116 valence electrons. The van der Waals surface area contributed by atoms with Crippen LogP contribution in [0.2, 0.25) is 0 Å². The lowest BCUT2D eigenvalue weighted by Gasteiger charge is -2.21. The predicted octanol–water partition coefficient (Wildman–Crippen LogP) is 2.46. The maximum absolute atomic E-state index is 11.3. The molecule has 0 amide bonds. The van der Waals surface area contributed by atoms with E-state index in [1.165, 1.54) is 0 Å². The molecule has 1 aromatic rings. The quantitative estimate of drug-likeness (QED) is 0.679. The van der Waals surface area contributed by atoms with Crippen LogP contribution in [-0.2, 0) is 18.7 Å². The minimum Gasteiger partial charge on any atom is -0.481 e. The summed E-state index contributed by atoms with van der Waals surface area (Å²) in [6.45, 7) is 1.68. The Morgan fingerprint density at radius 1 is 1.24 bits per heavy atom. The van der Waals surface area contributed by atoms with E-state index in [9.17, 15) is 14.2 Å². The Hall–Kier alpha value is -1.65. The molecule has 2 N–H and O–H groups in total. The van der Waals surface area contributed by atoms with Crippen molar-refractivity contribution in [2.75, 3.05) is 12.8 Å². The van der Waals surface area contributed by atoms with Crippen LogP contribution in [0, 0.1) is 5.92 Å². The van der Waals surface area contributed by atoms with E-state index < -0.39 is 32.0 Å². The van der Waals surface area contributed by atoms with Gasteiger partial charge in [0, 0.05) is 0 Å². The van der Waals surface area contributed by atoms with Gasteiger partial charge in [0.05, 0.1) is 12.5 Å². The molecule has 0 bridgehead atoms. The van der Waals surface area contributed by atoms with Crippen molar-refractivity contribution in [3.63, 3.8) is 0 Å². The smallest absolute Gasteiger partial charge is 0.312 e. The van der Waals surface area contributed by atoms with Crippen LogP contribution < -0.4 is 0 Å². The summed E-state index contributed by atoms with van der Waals surface area (Å²) >= 11 is 0. The first-order valence-electron chi connectivity index (χ1n) is 6.57. The first-order chi connectivity index (χ1) is 9.91. The summed E-state index contributed by atoms with van der Waals surface area (Å²) in [7, 11) is -2.61. The van der Waals surface area contributed by atoms with E-state index in [0.29, 0.717) is 6.42 Å². The van der Waals surface area contributed by atoms with Crippen LogP contribution in [0.25, 0.3) is 0 Å². The Morgan fingerprint density at radius 3 is 2.38 bits per heavy atom. The first-order valence-corrected chi connectivity index (χ1v) is 8.09. The minimum absolute atomic E-state index is 0.0717. The Balaban J connectivity index is 2.65. The number of aliphatic carboxylic acids is 2. The second kappa shape index (κ2) is 8.60. The highest BCUT2D eigenvalue weighted by Gasteiger charge is 2.25. The number of carboxylic acids is 2. The third kappa shape index (κ3) is 6.10. The molecule has 0 fully saturated rings. The summed E-state index contributed by atoms with van der Waals surface area (Å²) in [5, 5.41) is 17.7. The van der Waals surface area contributed by atoms with Gasteiger partial charge in [0.1, 0.15) is 6.16 Å². The topological polar surface area (TPSA) is 101 Å². The van der Waals surface area contributed by atoms with Gasteiger partial charge in [0.2, 0.25) is 8.03 Å². The lowest BCUT2D eigenvalue weighted by atomic mass is 9.85. The van der Waals surface area contributed by atoms with E-state index >= 15 is 0 Å². The fourth-order valence-corrected chi connectivity index (χ4v) is 2.75. The molecule has 3 atom stereocenters. The Morgan fingerprint density at radius 2 is 1.86 bits per heavy atom. The summed E-state index contributed by atoms with van der Waals surface area (Å²) in [4.78, 5) is 21.6. The average molecular weight is 314 g/mol. The van der Waals surface area contributed by atoms with E-state index in [1.807, 2.05) is 30.3 Å². The van der Waals surface area contributed by atoms with Gasteiger partial charge in [-0.15, -0.1) is 0 Å². The highest BCUT2D eigenvalue weighted by Crippen LogP contribution is 2.30. The molecule has 0 heterocycles. The summed E-state index contributed by atoms with van der Waals surface area (Å²) in [5.74, 6) is -2.97.